The van der Waals surface area contributed by atoms with Gasteiger partial charge in [0.05, 0.1) is 26.4 Å². The summed E-state index contributed by atoms with van der Waals surface area (Å²) in [5, 5.41) is 20.7. The van der Waals surface area contributed by atoms with Gasteiger partial charge in [-0.1, -0.05) is 319 Å². The van der Waals surface area contributed by atoms with E-state index >= 15 is 0 Å². The number of aliphatic hydroxyl groups is 2. The summed E-state index contributed by atoms with van der Waals surface area (Å²) in [6, 6.07) is 0. The highest BCUT2D eigenvalue weighted by Crippen LogP contribution is 2.45. The Labute approximate surface area is 662 Å². The summed E-state index contributed by atoms with van der Waals surface area (Å²) in [6.45, 7) is 2.46. The van der Waals surface area contributed by atoms with Crippen LogP contribution in [0.1, 0.15) is 329 Å². The van der Waals surface area contributed by atoms with Gasteiger partial charge in [0, 0.05) is 19.3 Å². The fourth-order valence-electron chi connectivity index (χ4n) is 11.0. The van der Waals surface area contributed by atoms with Gasteiger partial charge in [0.25, 0.3) is 0 Å². The van der Waals surface area contributed by atoms with Crippen molar-refractivity contribution in [2.24, 2.45) is 0 Å². The van der Waals surface area contributed by atoms with Crippen molar-refractivity contribution in [2.75, 3.05) is 39.6 Å². The maximum absolute atomic E-state index is 13.0. The summed E-state index contributed by atoms with van der Waals surface area (Å²) in [6.07, 6.45) is 105. The molecule has 0 bridgehead atoms. The van der Waals surface area contributed by atoms with Gasteiger partial charge in [0.1, 0.15) is 25.4 Å². The van der Waals surface area contributed by atoms with Gasteiger partial charge < -0.3 is 34.2 Å². The zero-order valence-electron chi connectivity index (χ0n) is 68.2. The summed E-state index contributed by atoms with van der Waals surface area (Å²) in [5.41, 5.74) is 0. The second kappa shape index (κ2) is 82.4. The number of esters is 3. The van der Waals surface area contributed by atoms with Crippen molar-refractivity contribution in [3.63, 3.8) is 0 Å². The van der Waals surface area contributed by atoms with Crippen LogP contribution in [0.4, 0.5) is 0 Å². The van der Waals surface area contributed by atoms with Gasteiger partial charge in [-0.15, -0.1) is 0 Å². The second-order valence-electron chi connectivity index (χ2n) is 27.9. The van der Waals surface area contributed by atoms with Crippen molar-refractivity contribution in [1.29, 1.82) is 0 Å². The molecule has 0 aliphatic rings. The lowest BCUT2D eigenvalue weighted by Crippen LogP contribution is -2.30. The normalized spacial score (nSPS) is 14.7. The summed E-state index contributed by atoms with van der Waals surface area (Å²) < 4.78 is 61.3. The van der Waals surface area contributed by atoms with E-state index in [2.05, 4.69) is 191 Å². The fraction of sp³-hybridized carbons (Fsp3) is 0.659. The number of hydrogen-bond donors (Lipinski definition) is 4. The average molecular weight is 1560 g/mol. The van der Waals surface area contributed by atoms with E-state index in [9.17, 15) is 43.5 Å². The Morgan fingerprint density at radius 3 is 0.789 bits per heavy atom. The third-order valence-electron chi connectivity index (χ3n) is 17.4. The molecule has 0 radical (unpaired) electrons. The Balaban J connectivity index is 4.70. The largest absolute Gasteiger partial charge is 0.472 e. The van der Waals surface area contributed by atoms with Crippen molar-refractivity contribution in [2.45, 2.75) is 347 Å². The van der Waals surface area contributed by atoms with Gasteiger partial charge in [-0.2, -0.15) is 0 Å². The molecule has 0 aliphatic carbocycles. The number of allylic oxidation sites excluding steroid dienone is 28. The van der Waals surface area contributed by atoms with E-state index in [1.54, 1.807) is 0 Å². The first-order valence-corrected chi connectivity index (χ1v) is 45.4. The minimum Gasteiger partial charge on any atom is -0.463 e. The highest BCUT2D eigenvalue weighted by Gasteiger charge is 2.29. The van der Waals surface area contributed by atoms with Crippen molar-refractivity contribution in [3.8, 4) is 0 Å². The van der Waals surface area contributed by atoms with E-state index in [-0.39, 0.29) is 19.3 Å². The molecule has 16 nitrogen and oxygen atoms in total. The third kappa shape index (κ3) is 83.7. The highest BCUT2D eigenvalue weighted by atomic mass is 31.2. The van der Waals surface area contributed by atoms with Crippen molar-refractivity contribution >= 4 is 33.6 Å². The summed E-state index contributed by atoms with van der Waals surface area (Å²) >= 11 is 0. The Hall–Kier alpha value is -5.09. The van der Waals surface area contributed by atoms with Crippen LogP contribution in [0.5, 0.6) is 0 Å². The van der Waals surface area contributed by atoms with E-state index in [0.717, 1.165) is 141 Å². The topological polar surface area (TPSA) is 231 Å². The van der Waals surface area contributed by atoms with Crippen molar-refractivity contribution in [1.82, 2.24) is 0 Å². The Bertz CT molecular complexity index is 2660. The van der Waals surface area contributed by atoms with Crippen LogP contribution in [0.25, 0.3) is 0 Å². The highest BCUT2D eigenvalue weighted by molar-refractivity contribution is 7.47. The summed E-state index contributed by atoms with van der Waals surface area (Å²) in [4.78, 5) is 58.8. The lowest BCUT2D eigenvalue weighted by Gasteiger charge is -2.21. The molecular weight excluding hydrogens is 1410 g/mol. The first-order chi connectivity index (χ1) is 53.2. The smallest absolute Gasteiger partial charge is 0.463 e. The van der Waals surface area contributed by atoms with E-state index in [1.807, 2.05) is 0 Å². The van der Waals surface area contributed by atoms with Crippen LogP contribution in [0.2, 0.25) is 0 Å². The molecule has 5 unspecified atom stereocenters. The van der Waals surface area contributed by atoms with Gasteiger partial charge in [-0.3, -0.25) is 32.5 Å². The maximum Gasteiger partial charge on any atom is 0.472 e. The number of unbranched alkanes of at least 4 members (excludes halogenated alkanes) is 28. The number of phosphoric ester groups is 2. The molecule has 0 amide bonds. The van der Waals surface area contributed by atoms with Crippen LogP contribution in [-0.4, -0.2) is 95.9 Å². The zero-order valence-corrected chi connectivity index (χ0v) is 70.0. The molecule has 0 spiro atoms. The molecule has 0 fully saturated rings. The molecule has 0 heterocycles. The average Bonchev–Trinajstić information content (AvgIpc) is 0.903. The Kier molecular flexibility index (Phi) is 78.5. The van der Waals surface area contributed by atoms with Crippen molar-refractivity contribution in [3.05, 3.63) is 170 Å². The van der Waals surface area contributed by atoms with Crippen molar-refractivity contribution < 1.29 is 75.8 Å². The molecule has 0 aromatic carbocycles. The number of rotatable bonds is 79. The first kappa shape index (κ1) is 104. The number of hydrogen-bond acceptors (Lipinski definition) is 14. The molecule has 4 N–H and O–H groups in total. The quantitative estimate of drug-likeness (QED) is 0.0146. The SMILES string of the molecule is CC/C=C\C/C=C\C/C=C\C/C=C\C/C=C\C/C=C\CCCCC(=O)OC(COC(=O)CCCCCCCCCCC/C=C\C/C=C\C/C=C\C/C=C\CCCCC)COP(=O)(O)OCC(O)COP(=O)(O)OCC(O)COC(=O)CCCCCCCCCCCCC/C=C\C/C=C\C/C=C\C/C=C\CCCCC. The molecule has 622 valence electrons. The predicted molar refractivity (Wildman–Crippen MR) is 454 cm³/mol. The molecule has 0 saturated heterocycles. The molecule has 0 aromatic heterocycles. The molecular formula is C91H152O16P2. The van der Waals surface area contributed by atoms with Crippen LogP contribution in [0.15, 0.2) is 170 Å². The zero-order chi connectivity index (χ0) is 79.4. The van der Waals surface area contributed by atoms with Crippen LogP contribution in [0, 0.1) is 0 Å². The van der Waals surface area contributed by atoms with E-state index in [1.165, 1.54) is 122 Å². The van der Waals surface area contributed by atoms with Crippen LogP contribution in [0.3, 0.4) is 0 Å². The number of carbonyl (C=O) groups excluding carboxylic acids is 3. The summed E-state index contributed by atoms with van der Waals surface area (Å²) in [7, 11) is -9.83. The molecule has 0 rings (SSSR count). The molecule has 5 atom stereocenters. The molecule has 18 heteroatoms. The van der Waals surface area contributed by atoms with Gasteiger partial charge in [0.15, 0.2) is 6.10 Å². The predicted octanol–water partition coefficient (Wildman–Crippen LogP) is 25.5. The number of aliphatic hydroxyl groups excluding tert-OH is 2. The van der Waals surface area contributed by atoms with Crippen LogP contribution in [-0.2, 0) is 55.8 Å². The summed E-state index contributed by atoms with van der Waals surface area (Å²) in [5.74, 6) is -1.64. The van der Waals surface area contributed by atoms with E-state index in [4.69, 9.17) is 32.3 Å². The minimum absolute atomic E-state index is 0.0421. The second-order valence-corrected chi connectivity index (χ2v) is 30.8. The van der Waals surface area contributed by atoms with Gasteiger partial charge in [-0.25, -0.2) is 9.13 Å². The van der Waals surface area contributed by atoms with Gasteiger partial charge >= 0.3 is 33.6 Å². The van der Waals surface area contributed by atoms with E-state index < -0.39 is 91.5 Å². The Morgan fingerprint density at radius 2 is 0.486 bits per heavy atom. The molecule has 0 saturated carbocycles. The van der Waals surface area contributed by atoms with E-state index in [0.29, 0.717) is 25.7 Å². The number of phosphoric acid groups is 2. The number of ether oxygens (including phenoxy) is 3. The minimum atomic E-state index is -4.96. The van der Waals surface area contributed by atoms with Gasteiger partial charge in [-0.05, 0) is 161 Å². The lowest BCUT2D eigenvalue weighted by molar-refractivity contribution is -0.161. The van der Waals surface area contributed by atoms with Gasteiger partial charge in [0.2, 0.25) is 0 Å². The van der Waals surface area contributed by atoms with Crippen LogP contribution < -0.4 is 0 Å². The molecule has 0 aliphatic heterocycles. The lowest BCUT2D eigenvalue weighted by atomic mass is 10.0. The number of carbonyl (C=O) groups is 3. The fourth-order valence-corrected chi connectivity index (χ4v) is 12.5. The van der Waals surface area contributed by atoms with Crippen LogP contribution >= 0.6 is 15.6 Å². The standard InChI is InChI=1S/C91H152O16P2/c1-4-7-10-13-16-19-22-25-28-31-34-37-39-41-42-44-46-48-50-53-56-59-62-65-68-71-74-77-89(94)101-80-86(92)81-103-108(97,98)104-82-87(93)83-105-109(99,100)106-85-88(107-91(96)79-76-73-70-67-64-61-58-55-52-47-36-33-30-27-24-21-18-15-12-9-6-3)84-102-90(95)78-75-72-69-66-63-60-57-54-51-49-45-43-40-38-35-32-29-26-23-20-17-14-11-8-5-2/h9,12,16-21,25-30,34-38,41-43,45,47,55,58,64,67,86-88,92-93H,4-8,10-11,13-15,22-24,31-33,39-40,44,46,48-54,56-57,59-63,65-66,68-85H2,1-3H3,(H,97,98)(H,99,100)/b12-9-,19-16-,20-17-,21-18-,28-25-,29-26-,30-27-,37-34-,38-35-,42-41-,45-43-,47-36-,58-55-,67-64-. The molecule has 0 aromatic rings. The third-order valence-corrected chi connectivity index (χ3v) is 19.3. The first-order valence-electron chi connectivity index (χ1n) is 42.4. The maximum atomic E-state index is 13.0. The monoisotopic (exact) mass is 1560 g/mol. The Morgan fingerprint density at radius 1 is 0.266 bits per heavy atom. The molecule has 109 heavy (non-hydrogen) atoms.